The summed E-state index contributed by atoms with van der Waals surface area (Å²) in [4.78, 5) is 0. The summed E-state index contributed by atoms with van der Waals surface area (Å²) in [5.41, 5.74) is 8.98. The predicted molar refractivity (Wildman–Crippen MR) is 210 cm³/mol. The van der Waals surface area contributed by atoms with Gasteiger partial charge in [0.1, 0.15) is 42.8 Å². The summed E-state index contributed by atoms with van der Waals surface area (Å²) in [6, 6.07) is 47.0. The molecular formula is C46H46O7. The van der Waals surface area contributed by atoms with Gasteiger partial charge in [0.05, 0.1) is 26.4 Å². The van der Waals surface area contributed by atoms with Crippen LogP contribution in [0.1, 0.15) is 36.0 Å². The Kier molecular flexibility index (Phi) is 13.2. The van der Waals surface area contributed by atoms with E-state index < -0.39 is 0 Å². The van der Waals surface area contributed by atoms with Crippen molar-refractivity contribution < 1.29 is 34.3 Å². The third-order valence-corrected chi connectivity index (χ3v) is 8.90. The van der Waals surface area contributed by atoms with E-state index in [-0.39, 0.29) is 45.6 Å². The van der Waals surface area contributed by atoms with E-state index in [0.717, 1.165) is 62.2 Å². The Labute approximate surface area is 311 Å². The largest absolute Gasteiger partial charge is 0.494 e. The lowest BCUT2D eigenvalue weighted by atomic mass is 9.81. The Morgan fingerprint density at radius 3 is 1.28 bits per heavy atom. The van der Waals surface area contributed by atoms with Gasteiger partial charge < -0.3 is 34.3 Å². The zero-order valence-corrected chi connectivity index (χ0v) is 30.0. The van der Waals surface area contributed by atoms with Crippen LogP contribution in [0, 0.1) is 0 Å². The molecule has 7 heteroatoms. The number of hydrogen-bond donors (Lipinski definition) is 3. The monoisotopic (exact) mass is 710 g/mol. The Morgan fingerprint density at radius 2 is 0.811 bits per heavy atom. The van der Waals surface area contributed by atoms with Crippen LogP contribution in [-0.4, -0.2) is 61.6 Å². The van der Waals surface area contributed by atoms with Crippen molar-refractivity contribution in [3.63, 3.8) is 0 Å². The second kappa shape index (κ2) is 18.8. The molecule has 3 N–H and O–H groups in total. The summed E-state index contributed by atoms with van der Waals surface area (Å²) in [5.74, 6) is 2.41. The first kappa shape index (κ1) is 37.2. The second-order valence-corrected chi connectivity index (χ2v) is 12.5. The van der Waals surface area contributed by atoms with Gasteiger partial charge in [0.25, 0.3) is 0 Å². The highest BCUT2D eigenvalue weighted by atomic mass is 16.5. The van der Waals surface area contributed by atoms with Gasteiger partial charge in [-0.3, -0.25) is 0 Å². The highest BCUT2D eigenvalue weighted by Crippen LogP contribution is 2.45. The van der Waals surface area contributed by atoms with Crippen molar-refractivity contribution in [1.29, 1.82) is 0 Å². The van der Waals surface area contributed by atoms with Gasteiger partial charge in [-0.15, -0.1) is 0 Å². The molecule has 0 aliphatic carbocycles. The van der Waals surface area contributed by atoms with Crippen LogP contribution in [0.2, 0.25) is 0 Å². The summed E-state index contributed by atoms with van der Waals surface area (Å²) in [6.07, 6.45) is 0.934. The van der Waals surface area contributed by atoms with E-state index in [9.17, 15) is 15.3 Å². The number of aliphatic hydroxyl groups is 3. The lowest BCUT2D eigenvalue weighted by molar-refractivity contribution is 0.198. The maximum atomic E-state index is 9.82. The second-order valence-electron chi connectivity index (χ2n) is 12.5. The summed E-state index contributed by atoms with van der Waals surface area (Å²) in [6.45, 7) is 2.91. The number of rotatable bonds is 18. The number of benzene rings is 6. The molecule has 0 spiro atoms. The van der Waals surface area contributed by atoms with E-state index in [1.165, 1.54) is 0 Å². The minimum atomic E-state index is -0.374. The fraction of sp³-hybridized carbons (Fsp3) is 0.217. The van der Waals surface area contributed by atoms with Crippen LogP contribution in [0.3, 0.4) is 0 Å². The van der Waals surface area contributed by atoms with Crippen molar-refractivity contribution >= 4 is 0 Å². The first-order chi connectivity index (χ1) is 26.1. The molecule has 272 valence electrons. The minimum Gasteiger partial charge on any atom is -0.494 e. The van der Waals surface area contributed by atoms with Crippen molar-refractivity contribution in [3.8, 4) is 56.4 Å². The number of aliphatic hydroxyl groups excluding tert-OH is 3. The van der Waals surface area contributed by atoms with Crippen LogP contribution in [0.4, 0.5) is 0 Å². The van der Waals surface area contributed by atoms with E-state index in [0.29, 0.717) is 23.9 Å². The maximum absolute atomic E-state index is 9.82. The highest BCUT2D eigenvalue weighted by molar-refractivity contribution is 5.72. The molecule has 6 aromatic rings. The standard InChI is InChI=1S/C46H46O7/c1-2-27-50-40-18-12-35(13-19-40)38-16-22-44(52-29-25-48)42(31-38)46(37-10-8-34(9-11-37)33-6-4-3-5-7-33)43-32-39(17-23-45(43)53-30-26-49)36-14-20-41(21-15-36)51-28-24-47/h3-23,31-32,46-49H,2,24-30H2,1H3. The molecule has 53 heavy (non-hydrogen) atoms. The van der Waals surface area contributed by atoms with Gasteiger partial charge in [0.2, 0.25) is 0 Å². The summed E-state index contributed by atoms with van der Waals surface area (Å²) >= 11 is 0. The van der Waals surface area contributed by atoms with Crippen molar-refractivity contribution in [2.75, 3.05) is 46.2 Å². The lowest BCUT2D eigenvalue weighted by Gasteiger charge is -2.26. The van der Waals surface area contributed by atoms with E-state index in [1.54, 1.807) is 0 Å². The molecule has 1 atom stereocenters. The Hall–Kier alpha value is -5.60. The predicted octanol–water partition coefficient (Wildman–Crippen LogP) is 8.77. The molecule has 0 fully saturated rings. The van der Waals surface area contributed by atoms with Gasteiger partial charge in [-0.25, -0.2) is 0 Å². The van der Waals surface area contributed by atoms with Crippen molar-refractivity contribution in [3.05, 3.63) is 156 Å². The van der Waals surface area contributed by atoms with Gasteiger partial charge in [-0.2, -0.15) is 0 Å². The molecule has 1 unspecified atom stereocenters. The fourth-order valence-corrected chi connectivity index (χ4v) is 6.38. The topological polar surface area (TPSA) is 97.6 Å². The van der Waals surface area contributed by atoms with Crippen LogP contribution in [0.25, 0.3) is 33.4 Å². The summed E-state index contributed by atoms with van der Waals surface area (Å²) in [5, 5.41) is 28.8. The summed E-state index contributed by atoms with van der Waals surface area (Å²) in [7, 11) is 0. The molecule has 0 aliphatic heterocycles. The zero-order chi connectivity index (χ0) is 36.8. The molecule has 0 aromatic heterocycles. The van der Waals surface area contributed by atoms with Gasteiger partial charge in [-0.05, 0) is 93.9 Å². The zero-order valence-electron chi connectivity index (χ0n) is 30.0. The Bertz CT molecular complexity index is 1900. The van der Waals surface area contributed by atoms with Gasteiger partial charge in [0.15, 0.2) is 0 Å². The molecule has 0 aliphatic rings. The minimum absolute atomic E-state index is 0.0575. The molecule has 0 saturated heterocycles. The first-order valence-corrected chi connectivity index (χ1v) is 18.1. The van der Waals surface area contributed by atoms with Crippen LogP contribution in [0.15, 0.2) is 140 Å². The Morgan fingerprint density at radius 1 is 0.415 bits per heavy atom. The average molecular weight is 711 g/mol. The van der Waals surface area contributed by atoms with E-state index in [4.69, 9.17) is 18.9 Å². The molecular weight excluding hydrogens is 664 g/mol. The van der Waals surface area contributed by atoms with Gasteiger partial charge in [0, 0.05) is 17.0 Å². The molecule has 7 nitrogen and oxygen atoms in total. The number of hydrogen-bond acceptors (Lipinski definition) is 7. The van der Waals surface area contributed by atoms with E-state index >= 15 is 0 Å². The highest BCUT2D eigenvalue weighted by Gasteiger charge is 2.26. The van der Waals surface area contributed by atoms with Crippen LogP contribution in [0.5, 0.6) is 23.0 Å². The van der Waals surface area contributed by atoms with Crippen molar-refractivity contribution in [2.45, 2.75) is 19.3 Å². The maximum Gasteiger partial charge on any atom is 0.123 e. The van der Waals surface area contributed by atoms with E-state index in [2.05, 4.69) is 67.6 Å². The normalized spacial score (nSPS) is 11.5. The average Bonchev–Trinajstić information content (AvgIpc) is 3.22. The smallest absolute Gasteiger partial charge is 0.123 e. The van der Waals surface area contributed by atoms with Crippen LogP contribution >= 0.6 is 0 Å². The third kappa shape index (κ3) is 9.45. The van der Waals surface area contributed by atoms with Crippen molar-refractivity contribution in [2.24, 2.45) is 0 Å². The van der Waals surface area contributed by atoms with Crippen molar-refractivity contribution in [1.82, 2.24) is 0 Å². The molecule has 0 radical (unpaired) electrons. The lowest BCUT2D eigenvalue weighted by Crippen LogP contribution is -2.12. The molecule has 6 aromatic carbocycles. The molecule has 6 rings (SSSR count). The molecule has 0 bridgehead atoms. The quantitative estimate of drug-likeness (QED) is 0.0768. The van der Waals surface area contributed by atoms with E-state index in [1.807, 2.05) is 78.9 Å². The molecule has 0 saturated carbocycles. The van der Waals surface area contributed by atoms with Crippen LogP contribution < -0.4 is 18.9 Å². The summed E-state index contributed by atoms with van der Waals surface area (Å²) < 4.78 is 24.0. The first-order valence-electron chi connectivity index (χ1n) is 18.1. The van der Waals surface area contributed by atoms with Gasteiger partial charge in [-0.1, -0.05) is 97.9 Å². The Balaban J connectivity index is 1.53. The number of ether oxygens (including phenoxy) is 4. The molecule has 0 amide bonds. The molecule has 0 heterocycles. The fourth-order valence-electron chi connectivity index (χ4n) is 6.38. The van der Waals surface area contributed by atoms with Crippen LogP contribution in [-0.2, 0) is 0 Å². The SMILES string of the molecule is CCCOc1ccc(-c2ccc(OCCO)c(C(c3ccc(-c4ccccc4)cc3)c3cc(-c4ccc(OCCO)cc4)ccc3OCCO)c2)cc1. The third-order valence-electron chi connectivity index (χ3n) is 8.90. The van der Waals surface area contributed by atoms with Gasteiger partial charge >= 0.3 is 0 Å².